The zero-order chi connectivity index (χ0) is 23.8. The summed E-state index contributed by atoms with van der Waals surface area (Å²) in [5.74, 6) is 3.55. The lowest BCUT2D eigenvalue weighted by Gasteiger charge is -2.10. The number of aromatic nitrogens is 2. The Hall–Kier alpha value is -3.16. The molecule has 3 aromatic rings. The van der Waals surface area contributed by atoms with E-state index in [1.165, 1.54) is 0 Å². The Bertz CT molecular complexity index is 1120. The minimum atomic E-state index is 0.0863. The molecule has 0 bridgehead atoms. The Morgan fingerprint density at radius 1 is 0.970 bits per heavy atom. The van der Waals surface area contributed by atoms with Crippen molar-refractivity contribution >= 4 is 29.4 Å². The van der Waals surface area contributed by atoms with Crippen LogP contribution in [0.5, 0.6) is 28.9 Å². The number of benzene rings is 2. The van der Waals surface area contributed by atoms with E-state index in [-0.39, 0.29) is 4.49 Å². The van der Waals surface area contributed by atoms with E-state index in [2.05, 4.69) is 10.3 Å². The maximum Gasteiger partial charge on any atom is 0.226 e. The second-order valence-corrected chi connectivity index (χ2v) is 8.01. The fourth-order valence-electron chi connectivity index (χ4n) is 2.77. The molecular formula is C24H25Cl2N3O4. The minimum Gasteiger partial charge on any atom is -0.460 e. The maximum atomic E-state index is 6.05. The van der Waals surface area contributed by atoms with Crippen molar-refractivity contribution in [3.05, 3.63) is 70.0 Å². The van der Waals surface area contributed by atoms with E-state index in [9.17, 15) is 0 Å². The smallest absolute Gasteiger partial charge is 0.226 e. The van der Waals surface area contributed by atoms with Crippen molar-refractivity contribution < 1.29 is 19.0 Å². The Kier molecular flexibility index (Phi) is 8.63. The van der Waals surface area contributed by atoms with E-state index in [0.29, 0.717) is 41.2 Å². The first kappa shape index (κ1) is 24.5. The molecule has 0 aliphatic rings. The monoisotopic (exact) mass is 489 g/mol. The first-order chi connectivity index (χ1) is 15.9. The third kappa shape index (κ3) is 6.91. The highest BCUT2D eigenvalue weighted by Crippen LogP contribution is 2.30. The van der Waals surface area contributed by atoms with Gasteiger partial charge in [0, 0.05) is 7.05 Å². The average molecular weight is 490 g/mol. The van der Waals surface area contributed by atoms with E-state index in [1.807, 2.05) is 45.2 Å². The van der Waals surface area contributed by atoms with Gasteiger partial charge >= 0.3 is 0 Å². The summed E-state index contributed by atoms with van der Waals surface area (Å²) in [5, 5.41) is 8.40. The third-order valence-electron chi connectivity index (χ3n) is 4.40. The molecule has 3 rings (SSSR count). The van der Waals surface area contributed by atoms with Gasteiger partial charge in [-0.25, -0.2) is 4.68 Å². The lowest BCUT2D eigenvalue weighted by Crippen LogP contribution is -1.97. The summed E-state index contributed by atoms with van der Waals surface area (Å²) in [6.45, 7) is 6.16. The van der Waals surface area contributed by atoms with Gasteiger partial charge in [0.2, 0.25) is 5.88 Å². The number of allylic oxidation sites excluding steroid dienone is 1. The van der Waals surface area contributed by atoms with Crippen molar-refractivity contribution in [1.82, 2.24) is 9.78 Å². The Morgan fingerprint density at radius 3 is 2.06 bits per heavy atom. The molecule has 0 unspecified atom stereocenters. The normalized spacial score (nSPS) is 10.8. The molecule has 33 heavy (non-hydrogen) atoms. The van der Waals surface area contributed by atoms with Crippen LogP contribution in [0.1, 0.15) is 31.5 Å². The first-order valence-corrected chi connectivity index (χ1v) is 11.1. The fourth-order valence-corrected chi connectivity index (χ4v) is 2.85. The van der Waals surface area contributed by atoms with E-state index >= 15 is 0 Å². The zero-order valence-corrected chi connectivity index (χ0v) is 20.4. The van der Waals surface area contributed by atoms with Crippen LogP contribution in [0, 0.1) is 6.92 Å². The molecule has 174 valence electrons. The molecule has 0 saturated carbocycles. The summed E-state index contributed by atoms with van der Waals surface area (Å²) >= 11 is 11.4. The Labute approximate surface area is 203 Å². The molecule has 0 radical (unpaired) electrons. The Balaban J connectivity index is 1.65. The average Bonchev–Trinajstić information content (AvgIpc) is 3.06. The van der Waals surface area contributed by atoms with Gasteiger partial charge in [-0.1, -0.05) is 35.3 Å². The lowest BCUT2D eigenvalue weighted by molar-refractivity contribution is 0.146. The predicted octanol–water partition coefficient (Wildman–Crippen LogP) is 7.12. The predicted molar refractivity (Wildman–Crippen MR) is 130 cm³/mol. The van der Waals surface area contributed by atoms with Gasteiger partial charge in [0.25, 0.3) is 0 Å². The fraction of sp³-hybridized carbons (Fsp3) is 0.250. The van der Waals surface area contributed by atoms with Crippen LogP contribution in [0.3, 0.4) is 0 Å². The van der Waals surface area contributed by atoms with Crippen molar-refractivity contribution in [3.63, 3.8) is 0 Å². The van der Waals surface area contributed by atoms with E-state index in [4.69, 9.17) is 42.3 Å². The van der Waals surface area contributed by atoms with Crippen LogP contribution >= 0.6 is 23.2 Å². The lowest BCUT2D eigenvalue weighted by atomic mass is 10.2. The minimum absolute atomic E-state index is 0.0863. The van der Waals surface area contributed by atoms with Crippen molar-refractivity contribution in [1.29, 1.82) is 0 Å². The van der Waals surface area contributed by atoms with E-state index in [1.54, 1.807) is 42.1 Å². The molecule has 0 amide bonds. The number of oxime groups is 1. The molecule has 0 atom stereocenters. The maximum absolute atomic E-state index is 6.05. The summed E-state index contributed by atoms with van der Waals surface area (Å²) in [6, 6.07) is 14.4. The van der Waals surface area contributed by atoms with Crippen molar-refractivity contribution in [2.75, 3.05) is 6.61 Å². The molecule has 0 aliphatic heterocycles. The molecule has 0 spiro atoms. The Morgan fingerprint density at radius 2 is 1.52 bits per heavy atom. The quantitative estimate of drug-likeness (QED) is 0.131. The highest BCUT2D eigenvalue weighted by atomic mass is 35.5. The van der Waals surface area contributed by atoms with Crippen molar-refractivity contribution in [2.24, 2.45) is 12.2 Å². The molecule has 0 aliphatic carbocycles. The molecular weight excluding hydrogens is 465 g/mol. The van der Waals surface area contributed by atoms with Gasteiger partial charge in [0.1, 0.15) is 39.9 Å². The number of nitrogens with zero attached hydrogens (tertiary/aromatic N) is 3. The summed E-state index contributed by atoms with van der Waals surface area (Å²) in [7, 11) is 1.82. The second kappa shape index (κ2) is 11.6. The largest absolute Gasteiger partial charge is 0.460 e. The summed E-state index contributed by atoms with van der Waals surface area (Å²) in [4.78, 5) is 5.20. The van der Waals surface area contributed by atoms with E-state index in [0.717, 1.165) is 17.7 Å². The second-order valence-electron chi connectivity index (χ2n) is 7.06. The third-order valence-corrected chi connectivity index (χ3v) is 4.93. The van der Waals surface area contributed by atoms with Gasteiger partial charge in [-0.3, -0.25) is 0 Å². The summed E-state index contributed by atoms with van der Waals surface area (Å²) < 4.78 is 19.2. The van der Waals surface area contributed by atoms with Crippen molar-refractivity contribution in [3.8, 4) is 28.9 Å². The summed E-state index contributed by atoms with van der Waals surface area (Å²) in [5.41, 5.74) is 1.56. The summed E-state index contributed by atoms with van der Waals surface area (Å²) in [6.07, 6.45) is 2.51. The molecule has 7 nitrogen and oxygen atoms in total. The number of rotatable bonds is 10. The topological polar surface area (TPSA) is 67.1 Å². The number of aryl methyl sites for hydroxylation is 2. The van der Waals surface area contributed by atoms with E-state index < -0.39 is 0 Å². The number of hydrogen-bond acceptors (Lipinski definition) is 6. The zero-order valence-electron chi connectivity index (χ0n) is 18.8. The van der Waals surface area contributed by atoms with Crippen molar-refractivity contribution in [2.45, 2.75) is 27.2 Å². The van der Waals surface area contributed by atoms with Gasteiger partial charge in [0.15, 0.2) is 0 Å². The highest BCUT2D eigenvalue weighted by molar-refractivity contribution is 6.56. The molecule has 2 aromatic carbocycles. The van der Waals surface area contributed by atoms with Crippen LogP contribution < -0.4 is 14.2 Å². The SMILES string of the molecule is CCCO/N=C/c1c(C)nn(C)c1Oc1ccc(Oc2ccc(OC(C)=C(Cl)Cl)cc2)cc1. The molecule has 9 heteroatoms. The number of ether oxygens (including phenoxy) is 3. The standard InChI is InChI=1S/C24H25Cl2N3O4/c1-5-14-30-27-15-22-16(2)28-29(4)24(22)33-21-12-10-20(11-13-21)32-19-8-6-18(7-9-19)31-17(3)23(25)26/h6-13,15H,5,14H2,1-4H3/b27-15+. The molecule has 0 saturated heterocycles. The number of hydrogen-bond donors (Lipinski definition) is 0. The van der Waals surface area contributed by atoms with Crippen LogP contribution in [-0.2, 0) is 11.9 Å². The first-order valence-electron chi connectivity index (χ1n) is 10.3. The van der Waals surface area contributed by atoms with Gasteiger partial charge < -0.3 is 19.0 Å². The highest BCUT2D eigenvalue weighted by Gasteiger charge is 2.14. The molecule has 1 aromatic heterocycles. The van der Waals surface area contributed by atoms with Crippen LogP contribution in [0.25, 0.3) is 0 Å². The van der Waals surface area contributed by atoms with Gasteiger partial charge in [-0.05, 0) is 68.8 Å². The van der Waals surface area contributed by atoms with Gasteiger partial charge in [-0.2, -0.15) is 5.10 Å². The molecule has 1 heterocycles. The van der Waals surface area contributed by atoms with Crippen LogP contribution in [0.15, 0.2) is 63.9 Å². The molecule has 0 fully saturated rings. The van der Waals surface area contributed by atoms with Gasteiger partial charge in [-0.15, -0.1) is 0 Å². The van der Waals surface area contributed by atoms with Crippen LogP contribution in [-0.4, -0.2) is 22.6 Å². The number of halogens is 2. The van der Waals surface area contributed by atoms with Crippen LogP contribution in [0.4, 0.5) is 0 Å². The van der Waals surface area contributed by atoms with Gasteiger partial charge in [0.05, 0.1) is 17.5 Å². The molecule has 0 N–H and O–H groups in total. The van der Waals surface area contributed by atoms with Crippen LogP contribution in [0.2, 0.25) is 0 Å².